The molecule has 0 heterocycles. The SMILES string of the molecule is CCCCCc1ccc(/C=C/COc2ccccc2CCCCCCC(=O)O)cc1. The first-order chi connectivity index (χ1) is 14.7. The summed E-state index contributed by atoms with van der Waals surface area (Å²) in [6.45, 7) is 2.79. The fraction of sp³-hybridized carbons (Fsp3) is 0.444. The lowest BCUT2D eigenvalue weighted by atomic mass is 10.0. The second kappa shape index (κ2) is 14.4. The normalized spacial score (nSPS) is 11.1. The Kier molecular flexibility index (Phi) is 11.4. The fourth-order valence-electron chi connectivity index (χ4n) is 3.49. The summed E-state index contributed by atoms with van der Waals surface area (Å²) in [5.74, 6) is 0.240. The molecule has 1 N–H and O–H groups in total. The Morgan fingerprint density at radius 3 is 2.40 bits per heavy atom. The number of ether oxygens (including phenoxy) is 1. The molecule has 2 rings (SSSR count). The Morgan fingerprint density at radius 2 is 1.63 bits per heavy atom. The summed E-state index contributed by atoms with van der Waals surface area (Å²) in [5, 5.41) is 8.69. The number of carboxylic acids is 1. The van der Waals surface area contributed by atoms with Crippen molar-refractivity contribution in [1.29, 1.82) is 0 Å². The van der Waals surface area contributed by atoms with Gasteiger partial charge in [0.15, 0.2) is 0 Å². The van der Waals surface area contributed by atoms with E-state index in [1.165, 1.54) is 36.0 Å². The van der Waals surface area contributed by atoms with Gasteiger partial charge in [-0.25, -0.2) is 0 Å². The molecule has 0 aliphatic heterocycles. The summed E-state index contributed by atoms with van der Waals surface area (Å²) in [5.41, 5.74) is 3.83. The van der Waals surface area contributed by atoms with E-state index < -0.39 is 5.97 Å². The molecule has 0 radical (unpaired) electrons. The summed E-state index contributed by atoms with van der Waals surface area (Å²) >= 11 is 0. The van der Waals surface area contributed by atoms with E-state index in [2.05, 4.69) is 49.4 Å². The van der Waals surface area contributed by atoms with Crippen molar-refractivity contribution in [1.82, 2.24) is 0 Å². The molecule has 0 aliphatic rings. The van der Waals surface area contributed by atoms with Crippen molar-refractivity contribution in [3.05, 3.63) is 71.3 Å². The van der Waals surface area contributed by atoms with Crippen LogP contribution in [-0.4, -0.2) is 17.7 Å². The Labute approximate surface area is 181 Å². The molecular weight excluding hydrogens is 372 g/mol. The molecule has 0 aromatic heterocycles. The summed E-state index contributed by atoms with van der Waals surface area (Å²) in [7, 11) is 0. The zero-order chi connectivity index (χ0) is 21.4. The summed E-state index contributed by atoms with van der Waals surface area (Å²) in [6, 6.07) is 17.0. The average molecular weight is 409 g/mol. The minimum Gasteiger partial charge on any atom is -0.489 e. The van der Waals surface area contributed by atoms with Crippen molar-refractivity contribution >= 4 is 12.0 Å². The van der Waals surface area contributed by atoms with E-state index in [-0.39, 0.29) is 6.42 Å². The molecule has 0 atom stereocenters. The second-order valence-electron chi connectivity index (χ2n) is 7.83. The van der Waals surface area contributed by atoms with Crippen LogP contribution in [0.15, 0.2) is 54.6 Å². The van der Waals surface area contributed by atoms with Crippen LogP contribution in [0.25, 0.3) is 6.08 Å². The maximum absolute atomic E-state index is 10.6. The monoisotopic (exact) mass is 408 g/mol. The first kappa shape index (κ1) is 23.7. The van der Waals surface area contributed by atoms with Crippen LogP contribution < -0.4 is 4.74 Å². The molecule has 0 aliphatic carbocycles. The first-order valence-electron chi connectivity index (χ1n) is 11.4. The highest BCUT2D eigenvalue weighted by molar-refractivity contribution is 5.66. The predicted octanol–water partition coefficient (Wildman–Crippen LogP) is 7.09. The van der Waals surface area contributed by atoms with Gasteiger partial charge in [0.1, 0.15) is 12.4 Å². The van der Waals surface area contributed by atoms with Gasteiger partial charge >= 0.3 is 5.97 Å². The first-order valence-corrected chi connectivity index (χ1v) is 11.4. The molecule has 0 saturated heterocycles. The predicted molar refractivity (Wildman–Crippen MR) is 125 cm³/mol. The molecule has 2 aromatic rings. The third kappa shape index (κ3) is 9.78. The van der Waals surface area contributed by atoms with Crippen molar-refractivity contribution in [3.8, 4) is 5.75 Å². The van der Waals surface area contributed by atoms with Crippen molar-refractivity contribution in [2.24, 2.45) is 0 Å². The number of carboxylic acid groups (broad SMARTS) is 1. The Balaban J connectivity index is 1.73. The van der Waals surface area contributed by atoms with Crippen LogP contribution in [0.3, 0.4) is 0 Å². The smallest absolute Gasteiger partial charge is 0.303 e. The average Bonchev–Trinajstić information content (AvgIpc) is 2.75. The lowest BCUT2D eigenvalue weighted by Gasteiger charge is -2.10. The molecular formula is C27H36O3. The molecule has 0 spiro atoms. The quantitative estimate of drug-likeness (QED) is 0.320. The maximum atomic E-state index is 10.6. The van der Waals surface area contributed by atoms with E-state index in [1.54, 1.807) is 0 Å². The second-order valence-corrected chi connectivity index (χ2v) is 7.83. The summed E-state index contributed by atoms with van der Waals surface area (Å²) in [6.07, 6.45) is 14.2. The molecule has 0 bridgehead atoms. The number of para-hydroxylation sites is 1. The lowest BCUT2D eigenvalue weighted by Crippen LogP contribution is -1.98. The Morgan fingerprint density at radius 1 is 0.900 bits per heavy atom. The molecule has 0 fully saturated rings. The van der Waals surface area contributed by atoms with E-state index >= 15 is 0 Å². The molecule has 0 amide bonds. The van der Waals surface area contributed by atoms with Crippen molar-refractivity contribution in [2.45, 2.75) is 71.1 Å². The van der Waals surface area contributed by atoms with E-state index in [0.29, 0.717) is 6.61 Å². The van der Waals surface area contributed by atoms with Gasteiger partial charge in [0, 0.05) is 6.42 Å². The van der Waals surface area contributed by atoms with Gasteiger partial charge in [-0.05, 0) is 60.9 Å². The highest BCUT2D eigenvalue weighted by Gasteiger charge is 2.03. The van der Waals surface area contributed by atoms with Gasteiger partial charge in [-0.15, -0.1) is 0 Å². The number of benzene rings is 2. The molecule has 0 unspecified atom stereocenters. The Hall–Kier alpha value is -2.55. The fourth-order valence-corrected chi connectivity index (χ4v) is 3.49. The van der Waals surface area contributed by atoms with E-state index in [9.17, 15) is 4.79 Å². The molecule has 0 saturated carbocycles. The lowest BCUT2D eigenvalue weighted by molar-refractivity contribution is -0.137. The van der Waals surface area contributed by atoms with E-state index in [1.807, 2.05) is 18.2 Å². The van der Waals surface area contributed by atoms with Crippen LogP contribution >= 0.6 is 0 Å². The van der Waals surface area contributed by atoms with E-state index in [0.717, 1.165) is 44.3 Å². The minimum absolute atomic E-state index is 0.271. The van der Waals surface area contributed by atoms with Crippen LogP contribution in [-0.2, 0) is 17.6 Å². The van der Waals surface area contributed by atoms with Crippen molar-refractivity contribution in [2.75, 3.05) is 6.61 Å². The van der Waals surface area contributed by atoms with Crippen molar-refractivity contribution < 1.29 is 14.6 Å². The molecule has 2 aromatic carbocycles. The number of aryl methyl sites for hydroxylation is 2. The zero-order valence-electron chi connectivity index (χ0n) is 18.3. The van der Waals surface area contributed by atoms with Gasteiger partial charge in [-0.1, -0.05) is 81.1 Å². The van der Waals surface area contributed by atoms with Gasteiger partial charge in [0.25, 0.3) is 0 Å². The topological polar surface area (TPSA) is 46.5 Å². The van der Waals surface area contributed by atoms with E-state index in [4.69, 9.17) is 9.84 Å². The Bertz CT molecular complexity index is 762. The zero-order valence-corrected chi connectivity index (χ0v) is 18.3. The third-order valence-corrected chi connectivity index (χ3v) is 5.25. The number of carbonyl (C=O) groups is 1. The van der Waals surface area contributed by atoms with Gasteiger partial charge in [-0.3, -0.25) is 4.79 Å². The molecule has 30 heavy (non-hydrogen) atoms. The number of aliphatic carboxylic acids is 1. The van der Waals surface area contributed by atoms with Gasteiger partial charge in [-0.2, -0.15) is 0 Å². The minimum atomic E-state index is -0.704. The van der Waals surface area contributed by atoms with Gasteiger partial charge in [0.05, 0.1) is 0 Å². The maximum Gasteiger partial charge on any atom is 0.303 e. The third-order valence-electron chi connectivity index (χ3n) is 5.25. The number of hydrogen-bond acceptors (Lipinski definition) is 2. The molecule has 3 heteroatoms. The van der Waals surface area contributed by atoms with Crippen LogP contribution in [0.2, 0.25) is 0 Å². The standard InChI is InChI=1S/C27H36O3/c1-2-3-6-12-23-18-20-24(21-19-23)13-11-22-30-26-16-10-9-15-25(26)14-7-4-5-8-17-27(28)29/h9-11,13,15-16,18-21H,2-8,12,14,17,22H2,1H3,(H,28,29)/b13-11+. The number of rotatable bonds is 15. The number of unbranched alkanes of at least 4 members (excludes halogenated alkanes) is 5. The summed E-state index contributed by atoms with van der Waals surface area (Å²) in [4.78, 5) is 10.6. The van der Waals surface area contributed by atoms with Crippen LogP contribution in [0.5, 0.6) is 5.75 Å². The number of hydrogen-bond donors (Lipinski definition) is 1. The largest absolute Gasteiger partial charge is 0.489 e. The highest BCUT2D eigenvalue weighted by atomic mass is 16.5. The molecule has 3 nitrogen and oxygen atoms in total. The highest BCUT2D eigenvalue weighted by Crippen LogP contribution is 2.21. The van der Waals surface area contributed by atoms with Gasteiger partial charge in [0.2, 0.25) is 0 Å². The van der Waals surface area contributed by atoms with Gasteiger partial charge < -0.3 is 9.84 Å². The van der Waals surface area contributed by atoms with Crippen LogP contribution in [0.1, 0.15) is 75.0 Å². The van der Waals surface area contributed by atoms with Crippen LogP contribution in [0, 0.1) is 0 Å². The molecule has 162 valence electrons. The summed E-state index contributed by atoms with van der Waals surface area (Å²) < 4.78 is 5.99. The van der Waals surface area contributed by atoms with Crippen molar-refractivity contribution in [3.63, 3.8) is 0 Å². The van der Waals surface area contributed by atoms with Crippen LogP contribution in [0.4, 0.5) is 0 Å².